The zero-order valence-electron chi connectivity index (χ0n) is 10.2. The number of nitro groups is 1. The van der Waals surface area contributed by atoms with Gasteiger partial charge in [0.1, 0.15) is 9.90 Å². The quantitative estimate of drug-likeness (QED) is 0.662. The van der Waals surface area contributed by atoms with E-state index in [1.165, 1.54) is 23.6 Å². The molecule has 21 heavy (non-hydrogen) atoms. The number of carbonyl (C=O) groups is 2. The summed E-state index contributed by atoms with van der Waals surface area (Å²) < 4.78 is 0. The Labute approximate surface area is 126 Å². The molecule has 2 aromatic rings. The SMILES string of the molecule is O=C(Nc1ccsc1C(=O)O)c1ccc(Cl)c([N+](=O)[O-])c1. The van der Waals surface area contributed by atoms with Crippen LogP contribution in [0.1, 0.15) is 20.0 Å². The van der Waals surface area contributed by atoms with Crippen LogP contribution in [0.15, 0.2) is 29.6 Å². The van der Waals surface area contributed by atoms with Crippen LogP contribution in [0.3, 0.4) is 0 Å². The number of nitrogens with zero attached hydrogens (tertiary/aromatic N) is 1. The molecule has 0 fully saturated rings. The summed E-state index contributed by atoms with van der Waals surface area (Å²) in [5.41, 5.74) is -0.253. The Balaban J connectivity index is 2.29. The highest BCUT2D eigenvalue weighted by Crippen LogP contribution is 2.27. The Morgan fingerprint density at radius 1 is 1.33 bits per heavy atom. The minimum atomic E-state index is -1.16. The van der Waals surface area contributed by atoms with Crippen molar-refractivity contribution in [2.24, 2.45) is 0 Å². The van der Waals surface area contributed by atoms with E-state index in [0.717, 1.165) is 17.4 Å². The molecule has 9 heteroatoms. The molecule has 0 aliphatic rings. The highest BCUT2D eigenvalue weighted by atomic mass is 35.5. The van der Waals surface area contributed by atoms with Crippen LogP contribution in [0.25, 0.3) is 0 Å². The van der Waals surface area contributed by atoms with E-state index in [1.54, 1.807) is 0 Å². The zero-order chi connectivity index (χ0) is 15.6. The monoisotopic (exact) mass is 326 g/mol. The van der Waals surface area contributed by atoms with Gasteiger partial charge in [-0.1, -0.05) is 11.6 Å². The van der Waals surface area contributed by atoms with Gasteiger partial charge in [-0.3, -0.25) is 14.9 Å². The standard InChI is InChI=1S/C12H7ClN2O5S/c13-7-2-1-6(5-9(7)15(19)20)11(16)14-8-3-4-21-10(8)12(17)18/h1-5H,(H,14,16)(H,17,18). The van der Waals surface area contributed by atoms with E-state index in [9.17, 15) is 19.7 Å². The van der Waals surface area contributed by atoms with Crippen LogP contribution in [0.2, 0.25) is 5.02 Å². The fourth-order valence-corrected chi connectivity index (χ4v) is 2.44. The number of nitrogens with one attached hydrogen (secondary N) is 1. The van der Waals surface area contributed by atoms with E-state index in [4.69, 9.17) is 16.7 Å². The Morgan fingerprint density at radius 3 is 2.67 bits per heavy atom. The highest BCUT2D eigenvalue weighted by molar-refractivity contribution is 7.12. The van der Waals surface area contributed by atoms with Crippen molar-refractivity contribution in [3.05, 3.63) is 55.2 Å². The Kier molecular flexibility index (Phi) is 4.20. The fraction of sp³-hybridized carbons (Fsp3) is 0. The van der Waals surface area contributed by atoms with Gasteiger partial charge in [0.05, 0.1) is 10.6 Å². The van der Waals surface area contributed by atoms with Gasteiger partial charge in [-0.25, -0.2) is 4.79 Å². The first kappa shape index (κ1) is 14.9. The molecule has 0 radical (unpaired) electrons. The third-order valence-corrected chi connectivity index (χ3v) is 3.73. The average Bonchev–Trinajstić information content (AvgIpc) is 2.87. The molecule has 2 N–H and O–H groups in total. The summed E-state index contributed by atoms with van der Waals surface area (Å²) in [4.78, 5) is 33.0. The number of benzene rings is 1. The minimum absolute atomic E-state index is 0.00800. The lowest BCUT2D eigenvalue weighted by molar-refractivity contribution is -0.384. The number of hydrogen-bond acceptors (Lipinski definition) is 5. The third-order valence-electron chi connectivity index (χ3n) is 2.51. The second-order valence-electron chi connectivity index (χ2n) is 3.85. The van der Waals surface area contributed by atoms with Crippen molar-refractivity contribution in [2.75, 3.05) is 5.32 Å². The lowest BCUT2D eigenvalue weighted by Gasteiger charge is -2.05. The summed E-state index contributed by atoms with van der Waals surface area (Å²) in [6, 6.07) is 5.03. The normalized spacial score (nSPS) is 10.1. The van der Waals surface area contributed by atoms with E-state index in [0.29, 0.717) is 0 Å². The molecule has 1 aromatic carbocycles. The van der Waals surface area contributed by atoms with Gasteiger partial charge in [-0.2, -0.15) is 0 Å². The zero-order valence-corrected chi connectivity index (χ0v) is 11.8. The van der Waals surface area contributed by atoms with Crippen molar-refractivity contribution < 1.29 is 19.6 Å². The number of carboxylic acids is 1. The summed E-state index contributed by atoms with van der Waals surface area (Å²) in [7, 11) is 0. The number of halogens is 1. The van der Waals surface area contributed by atoms with Crippen LogP contribution in [0.4, 0.5) is 11.4 Å². The van der Waals surface area contributed by atoms with Crippen LogP contribution in [-0.2, 0) is 0 Å². The number of nitro benzene ring substituents is 1. The van der Waals surface area contributed by atoms with Gasteiger partial charge >= 0.3 is 5.97 Å². The fourth-order valence-electron chi connectivity index (χ4n) is 1.56. The van der Waals surface area contributed by atoms with Crippen LogP contribution in [0.5, 0.6) is 0 Å². The molecule has 0 bridgehead atoms. The van der Waals surface area contributed by atoms with Crippen molar-refractivity contribution in [3.8, 4) is 0 Å². The molecule has 0 spiro atoms. The highest BCUT2D eigenvalue weighted by Gasteiger charge is 2.18. The second kappa shape index (κ2) is 5.90. The molecule has 1 heterocycles. The average molecular weight is 327 g/mol. The molecule has 0 atom stereocenters. The van der Waals surface area contributed by atoms with Crippen LogP contribution >= 0.6 is 22.9 Å². The molecule has 2 rings (SSSR count). The predicted octanol–water partition coefficient (Wildman–Crippen LogP) is 3.26. The Bertz CT molecular complexity index is 743. The van der Waals surface area contributed by atoms with Crippen molar-refractivity contribution in [1.82, 2.24) is 0 Å². The van der Waals surface area contributed by atoms with Gasteiger partial charge < -0.3 is 10.4 Å². The molecule has 1 amide bonds. The molecular weight excluding hydrogens is 320 g/mol. The number of carboxylic acid groups (broad SMARTS) is 1. The maximum absolute atomic E-state index is 12.0. The predicted molar refractivity (Wildman–Crippen MR) is 77.3 cm³/mol. The lowest BCUT2D eigenvalue weighted by atomic mass is 10.2. The molecule has 0 saturated carbocycles. The van der Waals surface area contributed by atoms with Crippen LogP contribution < -0.4 is 5.32 Å². The number of carbonyl (C=O) groups excluding carboxylic acids is 1. The summed E-state index contributed by atoms with van der Waals surface area (Å²) in [6.07, 6.45) is 0. The number of thiophene rings is 1. The number of amides is 1. The van der Waals surface area contributed by atoms with Crippen molar-refractivity contribution >= 4 is 46.2 Å². The number of anilines is 1. The summed E-state index contributed by atoms with van der Waals surface area (Å²) in [5.74, 6) is -1.82. The van der Waals surface area contributed by atoms with Gasteiger partial charge in [0, 0.05) is 11.6 Å². The molecule has 0 aliphatic carbocycles. The smallest absolute Gasteiger partial charge is 0.348 e. The first-order chi connectivity index (χ1) is 9.90. The maximum atomic E-state index is 12.0. The van der Waals surface area contributed by atoms with Crippen molar-refractivity contribution in [1.29, 1.82) is 0 Å². The Morgan fingerprint density at radius 2 is 2.05 bits per heavy atom. The molecule has 1 aromatic heterocycles. The number of hydrogen-bond donors (Lipinski definition) is 2. The molecule has 0 unspecified atom stereocenters. The number of aromatic carboxylic acids is 1. The first-order valence-corrected chi connectivity index (χ1v) is 6.72. The number of rotatable bonds is 4. The van der Waals surface area contributed by atoms with Crippen LogP contribution in [-0.4, -0.2) is 21.9 Å². The largest absolute Gasteiger partial charge is 0.477 e. The summed E-state index contributed by atoms with van der Waals surface area (Å²) >= 11 is 6.62. The first-order valence-electron chi connectivity index (χ1n) is 5.46. The molecule has 7 nitrogen and oxygen atoms in total. The molecule has 108 valence electrons. The maximum Gasteiger partial charge on any atom is 0.348 e. The topological polar surface area (TPSA) is 110 Å². The summed E-state index contributed by atoms with van der Waals surface area (Å²) in [6.45, 7) is 0. The van der Waals surface area contributed by atoms with Gasteiger partial charge in [0.25, 0.3) is 11.6 Å². The molecule has 0 saturated heterocycles. The second-order valence-corrected chi connectivity index (χ2v) is 5.17. The van der Waals surface area contributed by atoms with E-state index in [-0.39, 0.29) is 21.2 Å². The molecule has 0 aliphatic heterocycles. The van der Waals surface area contributed by atoms with E-state index < -0.39 is 22.5 Å². The van der Waals surface area contributed by atoms with Gasteiger partial charge in [-0.05, 0) is 23.6 Å². The van der Waals surface area contributed by atoms with Crippen molar-refractivity contribution in [3.63, 3.8) is 0 Å². The molecular formula is C12H7ClN2O5S. The lowest BCUT2D eigenvalue weighted by Crippen LogP contribution is -2.13. The van der Waals surface area contributed by atoms with E-state index >= 15 is 0 Å². The van der Waals surface area contributed by atoms with E-state index in [2.05, 4.69) is 5.32 Å². The van der Waals surface area contributed by atoms with Gasteiger partial charge in [0.15, 0.2) is 0 Å². The van der Waals surface area contributed by atoms with Gasteiger partial charge in [-0.15, -0.1) is 11.3 Å². The third kappa shape index (κ3) is 3.18. The minimum Gasteiger partial charge on any atom is -0.477 e. The van der Waals surface area contributed by atoms with E-state index in [1.807, 2.05) is 0 Å². The summed E-state index contributed by atoms with van der Waals surface area (Å²) in [5, 5.41) is 23.5. The van der Waals surface area contributed by atoms with Gasteiger partial charge in [0.2, 0.25) is 0 Å². The van der Waals surface area contributed by atoms with Crippen molar-refractivity contribution in [2.45, 2.75) is 0 Å². The van der Waals surface area contributed by atoms with Crippen LogP contribution in [0, 0.1) is 10.1 Å². The Hall–Kier alpha value is -2.45.